The van der Waals surface area contributed by atoms with Crippen LogP contribution in [-0.2, 0) is 9.84 Å². The maximum absolute atomic E-state index is 11.9. The molecule has 5 heteroatoms. The molecule has 0 radical (unpaired) electrons. The van der Waals surface area contributed by atoms with Crippen molar-refractivity contribution in [3.63, 3.8) is 0 Å². The Bertz CT molecular complexity index is 600. The first kappa shape index (κ1) is 10.8. The summed E-state index contributed by atoms with van der Waals surface area (Å²) in [6.07, 6.45) is 2.29. The zero-order chi connectivity index (χ0) is 12.0. The third-order valence-corrected chi connectivity index (χ3v) is 4.64. The van der Waals surface area contributed by atoms with E-state index < -0.39 is 9.84 Å². The summed E-state index contributed by atoms with van der Waals surface area (Å²) >= 11 is 0. The lowest BCUT2D eigenvalue weighted by molar-refractivity contribution is 0.471. The van der Waals surface area contributed by atoms with Crippen LogP contribution in [0, 0.1) is 0 Å². The quantitative estimate of drug-likeness (QED) is 0.849. The van der Waals surface area contributed by atoms with Crippen LogP contribution in [-0.4, -0.2) is 26.1 Å². The van der Waals surface area contributed by atoms with Gasteiger partial charge in [0, 0.05) is 23.6 Å². The van der Waals surface area contributed by atoms with E-state index in [9.17, 15) is 13.5 Å². The van der Waals surface area contributed by atoms with Crippen molar-refractivity contribution in [3.05, 3.63) is 29.2 Å². The van der Waals surface area contributed by atoms with Crippen LogP contribution in [0.5, 0.6) is 5.75 Å². The second-order valence-corrected chi connectivity index (χ2v) is 6.26. The molecule has 0 atom stereocenters. The van der Waals surface area contributed by atoms with E-state index in [0.717, 1.165) is 12.8 Å². The second kappa shape index (κ2) is 3.58. The molecule has 0 amide bonds. The minimum Gasteiger partial charge on any atom is -0.507 e. The number of hydrogen-bond donors (Lipinski definition) is 2. The lowest BCUT2D eigenvalue weighted by atomic mass is 10.1. The van der Waals surface area contributed by atoms with Gasteiger partial charge in [-0.2, -0.15) is 0 Å². The van der Waals surface area contributed by atoms with Crippen molar-refractivity contribution >= 4 is 15.4 Å². The van der Waals surface area contributed by atoms with Crippen LogP contribution in [0.2, 0.25) is 0 Å². The van der Waals surface area contributed by atoms with Gasteiger partial charge >= 0.3 is 0 Å². The molecule has 2 aliphatic rings. The first-order chi connectivity index (χ1) is 8.08. The van der Waals surface area contributed by atoms with Crippen molar-refractivity contribution in [2.45, 2.75) is 23.8 Å². The molecule has 1 aliphatic carbocycles. The summed E-state index contributed by atoms with van der Waals surface area (Å²) in [7, 11) is -3.37. The highest BCUT2D eigenvalue weighted by atomic mass is 32.2. The average molecular weight is 251 g/mol. The van der Waals surface area contributed by atoms with Crippen molar-refractivity contribution in [1.82, 2.24) is 5.32 Å². The van der Waals surface area contributed by atoms with Gasteiger partial charge in [0.05, 0.1) is 4.90 Å². The number of sulfone groups is 1. The van der Waals surface area contributed by atoms with Gasteiger partial charge in [0.1, 0.15) is 5.75 Å². The van der Waals surface area contributed by atoms with Gasteiger partial charge in [-0.05, 0) is 30.5 Å². The van der Waals surface area contributed by atoms with Gasteiger partial charge in [0.2, 0.25) is 9.84 Å². The molecular weight excluding hydrogens is 238 g/mol. The van der Waals surface area contributed by atoms with Crippen molar-refractivity contribution in [1.29, 1.82) is 0 Å². The first-order valence-electron chi connectivity index (χ1n) is 5.59. The van der Waals surface area contributed by atoms with Gasteiger partial charge in [-0.15, -0.1) is 0 Å². The highest BCUT2D eigenvalue weighted by molar-refractivity contribution is 7.95. The molecule has 0 saturated heterocycles. The molecule has 0 aromatic heterocycles. The Balaban J connectivity index is 2.00. The number of fused-ring (bicyclic) bond motifs is 1. The van der Waals surface area contributed by atoms with Gasteiger partial charge in [-0.25, -0.2) is 8.42 Å². The number of benzene rings is 1. The maximum atomic E-state index is 11.9. The summed E-state index contributed by atoms with van der Waals surface area (Å²) in [4.78, 5) is 0.213. The summed E-state index contributed by atoms with van der Waals surface area (Å²) in [5, 5.41) is 14.3. The van der Waals surface area contributed by atoms with Gasteiger partial charge in [0.15, 0.2) is 0 Å². The summed E-state index contributed by atoms with van der Waals surface area (Å²) in [6.45, 7) is 0.495. The molecule has 17 heavy (non-hydrogen) atoms. The van der Waals surface area contributed by atoms with Crippen molar-refractivity contribution in [2.24, 2.45) is 0 Å². The Kier molecular flexibility index (Phi) is 2.27. The largest absolute Gasteiger partial charge is 0.507 e. The van der Waals surface area contributed by atoms with Gasteiger partial charge in [0.25, 0.3) is 0 Å². The summed E-state index contributed by atoms with van der Waals surface area (Å²) in [6, 6.07) is 5.11. The van der Waals surface area contributed by atoms with Gasteiger partial charge in [-0.1, -0.05) is 6.07 Å². The van der Waals surface area contributed by atoms with Crippen molar-refractivity contribution < 1.29 is 13.5 Å². The van der Waals surface area contributed by atoms with Crippen LogP contribution in [0.1, 0.15) is 18.4 Å². The van der Waals surface area contributed by atoms with E-state index in [1.807, 2.05) is 0 Å². The molecule has 0 unspecified atom stereocenters. The van der Waals surface area contributed by atoms with E-state index in [1.54, 1.807) is 6.07 Å². The molecule has 3 rings (SSSR count). The number of phenols is 1. The second-order valence-electron chi connectivity index (χ2n) is 4.49. The topological polar surface area (TPSA) is 66.4 Å². The average Bonchev–Trinajstić information content (AvgIpc) is 3.04. The Morgan fingerprint density at radius 2 is 2.12 bits per heavy atom. The van der Waals surface area contributed by atoms with Crippen LogP contribution in [0.4, 0.5) is 0 Å². The number of aromatic hydroxyl groups is 1. The molecule has 1 aromatic rings. The fraction of sp³-hybridized carbons (Fsp3) is 0.333. The molecule has 1 heterocycles. The molecule has 1 aromatic carbocycles. The monoisotopic (exact) mass is 251 g/mol. The minimum atomic E-state index is -3.37. The zero-order valence-corrected chi connectivity index (χ0v) is 10.00. The van der Waals surface area contributed by atoms with Crippen LogP contribution in [0.15, 0.2) is 28.5 Å². The third kappa shape index (κ3) is 1.85. The third-order valence-electron chi connectivity index (χ3n) is 3.09. The van der Waals surface area contributed by atoms with Crippen molar-refractivity contribution in [3.8, 4) is 5.75 Å². The SMILES string of the molecule is O=S1(=O)C=C(CNC2CC2)c2c(O)cccc21. The predicted octanol–water partition coefficient (Wildman–Crippen LogP) is 1.27. The van der Waals surface area contributed by atoms with E-state index in [4.69, 9.17) is 0 Å². The molecule has 90 valence electrons. The maximum Gasteiger partial charge on any atom is 0.200 e. The molecule has 0 spiro atoms. The lowest BCUT2D eigenvalue weighted by Gasteiger charge is -2.07. The molecule has 1 saturated carbocycles. The van der Waals surface area contributed by atoms with E-state index in [0.29, 0.717) is 23.7 Å². The highest BCUT2D eigenvalue weighted by Gasteiger charge is 2.30. The molecular formula is C12H13NO3S. The Morgan fingerprint density at radius 1 is 1.35 bits per heavy atom. The molecule has 1 fully saturated rings. The van der Waals surface area contributed by atoms with Crippen LogP contribution in [0.25, 0.3) is 5.57 Å². The summed E-state index contributed by atoms with van der Waals surface area (Å²) in [5.74, 6) is 0.0346. The number of phenolic OH excluding ortho intramolecular Hbond substituents is 1. The van der Waals surface area contributed by atoms with Gasteiger partial charge < -0.3 is 10.4 Å². The van der Waals surface area contributed by atoms with Crippen LogP contribution < -0.4 is 5.32 Å². The highest BCUT2D eigenvalue weighted by Crippen LogP contribution is 2.38. The standard InChI is InChI=1S/C12H13NO3S/c14-10-2-1-3-11-12(10)8(7-17(11,15)16)6-13-9-4-5-9/h1-3,7,9,13-14H,4-6H2. The van der Waals surface area contributed by atoms with E-state index >= 15 is 0 Å². The Morgan fingerprint density at radius 3 is 2.82 bits per heavy atom. The predicted molar refractivity (Wildman–Crippen MR) is 64.3 cm³/mol. The smallest absolute Gasteiger partial charge is 0.200 e. The van der Waals surface area contributed by atoms with E-state index in [-0.39, 0.29) is 10.6 Å². The first-order valence-corrected chi connectivity index (χ1v) is 7.14. The fourth-order valence-corrected chi connectivity index (χ4v) is 3.55. The minimum absolute atomic E-state index is 0.0346. The number of hydrogen-bond acceptors (Lipinski definition) is 4. The zero-order valence-electron chi connectivity index (χ0n) is 9.18. The Labute approximate surface area is 99.9 Å². The van der Waals surface area contributed by atoms with E-state index in [2.05, 4.69) is 5.32 Å². The molecule has 0 bridgehead atoms. The summed E-state index contributed by atoms with van der Waals surface area (Å²) < 4.78 is 23.7. The number of rotatable bonds is 3. The fourth-order valence-electron chi connectivity index (χ4n) is 2.06. The summed E-state index contributed by atoms with van der Waals surface area (Å²) in [5.41, 5.74) is 1.12. The molecule has 2 N–H and O–H groups in total. The Hall–Kier alpha value is -1.33. The normalized spacial score (nSPS) is 21.1. The van der Waals surface area contributed by atoms with Crippen molar-refractivity contribution in [2.75, 3.05) is 6.54 Å². The molecule has 1 aliphatic heterocycles. The molecule has 4 nitrogen and oxygen atoms in total. The number of nitrogens with one attached hydrogen (secondary N) is 1. The van der Waals surface area contributed by atoms with Crippen LogP contribution in [0.3, 0.4) is 0 Å². The van der Waals surface area contributed by atoms with Crippen LogP contribution >= 0.6 is 0 Å². The van der Waals surface area contributed by atoms with Gasteiger partial charge in [-0.3, -0.25) is 0 Å². The van der Waals surface area contributed by atoms with E-state index in [1.165, 1.54) is 17.5 Å². The lowest BCUT2D eigenvalue weighted by Crippen LogP contribution is -2.18.